The normalized spacial score (nSPS) is 14.5. The number of amides is 1. The Bertz CT molecular complexity index is 978. The monoisotopic (exact) mass is 399 g/mol. The molecule has 0 spiro atoms. The van der Waals surface area contributed by atoms with Gasteiger partial charge in [-0.2, -0.15) is 0 Å². The van der Waals surface area contributed by atoms with Crippen LogP contribution < -0.4 is 10.2 Å². The van der Waals surface area contributed by atoms with Crippen LogP contribution in [0.3, 0.4) is 0 Å². The van der Waals surface area contributed by atoms with E-state index in [1.807, 2.05) is 31.2 Å². The largest absolute Gasteiger partial charge is 0.369 e. The van der Waals surface area contributed by atoms with Gasteiger partial charge < -0.3 is 10.2 Å². The molecule has 30 heavy (non-hydrogen) atoms. The number of carbonyl (C=O) groups excluding carboxylic acids is 1. The molecule has 0 aliphatic carbocycles. The van der Waals surface area contributed by atoms with Gasteiger partial charge in [-0.15, -0.1) is 0 Å². The molecule has 0 bridgehead atoms. The highest BCUT2D eigenvalue weighted by Crippen LogP contribution is 2.19. The van der Waals surface area contributed by atoms with Crippen molar-refractivity contribution < 1.29 is 4.79 Å². The highest BCUT2D eigenvalue weighted by Gasteiger charge is 2.17. The molecule has 0 unspecified atom stereocenters. The molecule has 0 radical (unpaired) electrons. The predicted octanol–water partition coefficient (Wildman–Crippen LogP) is 4.25. The molecular formula is C26H29N3O. The van der Waals surface area contributed by atoms with Gasteiger partial charge in [0.05, 0.1) is 0 Å². The molecule has 1 fully saturated rings. The third-order valence-electron chi connectivity index (χ3n) is 5.74. The fraction of sp³-hybridized carbons (Fsp3) is 0.269. The second-order valence-corrected chi connectivity index (χ2v) is 7.92. The first kappa shape index (κ1) is 20.2. The lowest BCUT2D eigenvalue weighted by Gasteiger charge is -2.36. The molecule has 1 amide bonds. The van der Waals surface area contributed by atoms with Crippen molar-refractivity contribution in [2.75, 3.05) is 31.1 Å². The molecule has 0 atom stereocenters. The van der Waals surface area contributed by atoms with Gasteiger partial charge in [-0.25, -0.2) is 0 Å². The summed E-state index contributed by atoms with van der Waals surface area (Å²) in [5.41, 5.74) is 5.47. The highest BCUT2D eigenvalue weighted by atomic mass is 16.1. The van der Waals surface area contributed by atoms with Crippen LogP contribution in [0.2, 0.25) is 0 Å². The Hall–Kier alpha value is -3.11. The molecule has 4 rings (SSSR count). The van der Waals surface area contributed by atoms with Crippen LogP contribution in [0, 0.1) is 6.92 Å². The lowest BCUT2D eigenvalue weighted by atomic mass is 10.1. The van der Waals surface area contributed by atoms with Crippen molar-refractivity contribution in [1.82, 2.24) is 10.2 Å². The van der Waals surface area contributed by atoms with E-state index in [1.54, 1.807) is 0 Å². The van der Waals surface area contributed by atoms with E-state index in [9.17, 15) is 4.79 Å². The molecule has 1 aliphatic heterocycles. The van der Waals surface area contributed by atoms with E-state index in [0.29, 0.717) is 6.54 Å². The first-order valence-corrected chi connectivity index (χ1v) is 10.6. The van der Waals surface area contributed by atoms with Crippen LogP contribution in [-0.2, 0) is 13.1 Å². The van der Waals surface area contributed by atoms with Gasteiger partial charge in [-0.3, -0.25) is 9.69 Å². The first-order valence-electron chi connectivity index (χ1n) is 10.6. The summed E-state index contributed by atoms with van der Waals surface area (Å²) in [7, 11) is 0. The minimum absolute atomic E-state index is 0.0203. The summed E-state index contributed by atoms with van der Waals surface area (Å²) in [6, 6.07) is 26.9. The number of hydrogen-bond donors (Lipinski definition) is 1. The first-order chi connectivity index (χ1) is 14.7. The van der Waals surface area contributed by atoms with Crippen molar-refractivity contribution in [2.24, 2.45) is 0 Å². The van der Waals surface area contributed by atoms with E-state index in [0.717, 1.165) is 49.4 Å². The minimum Gasteiger partial charge on any atom is -0.369 e. The van der Waals surface area contributed by atoms with E-state index < -0.39 is 0 Å². The lowest BCUT2D eigenvalue weighted by molar-refractivity contribution is 0.0950. The Morgan fingerprint density at radius 3 is 2.30 bits per heavy atom. The zero-order valence-electron chi connectivity index (χ0n) is 17.6. The number of aryl methyl sites for hydroxylation is 1. The molecule has 0 aromatic heterocycles. The smallest absolute Gasteiger partial charge is 0.251 e. The number of nitrogens with zero attached hydrogens (tertiary/aromatic N) is 2. The van der Waals surface area contributed by atoms with Gasteiger partial charge in [-0.1, -0.05) is 60.7 Å². The van der Waals surface area contributed by atoms with Crippen molar-refractivity contribution in [1.29, 1.82) is 0 Å². The molecule has 1 saturated heterocycles. The lowest BCUT2D eigenvalue weighted by Crippen LogP contribution is -2.46. The summed E-state index contributed by atoms with van der Waals surface area (Å²) in [5, 5.41) is 3.05. The zero-order chi connectivity index (χ0) is 20.8. The maximum atomic E-state index is 12.5. The quantitative estimate of drug-likeness (QED) is 0.673. The van der Waals surface area contributed by atoms with E-state index in [4.69, 9.17) is 0 Å². The molecule has 1 N–H and O–H groups in total. The van der Waals surface area contributed by atoms with Gasteiger partial charge in [0.1, 0.15) is 0 Å². The Morgan fingerprint density at radius 1 is 0.833 bits per heavy atom. The summed E-state index contributed by atoms with van der Waals surface area (Å²) < 4.78 is 0. The van der Waals surface area contributed by atoms with Crippen molar-refractivity contribution in [3.63, 3.8) is 0 Å². The average Bonchev–Trinajstić information content (AvgIpc) is 2.79. The molecule has 1 heterocycles. The predicted molar refractivity (Wildman–Crippen MR) is 123 cm³/mol. The van der Waals surface area contributed by atoms with Crippen LogP contribution >= 0.6 is 0 Å². The summed E-state index contributed by atoms with van der Waals surface area (Å²) in [6.07, 6.45) is 0. The van der Waals surface area contributed by atoms with Crippen LogP contribution in [0.15, 0.2) is 78.9 Å². The Morgan fingerprint density at radius 2 is 1.53 bits per heavy atom. The van der Waals surface area contributed by atoms with Crippen molar-refractivity contribution in [3.05, 3.63) is 101 Å². The summed E-state index contributed by atoms with van der Waals surface area (Å²) >= 11 is 0. The standard InChI is InChI=1S/C26H29N3O/c1-21-8-5-6-13-25(21)26(30)27-19-23-11-7-12-24(18-23)29-16-14-28(15-17-29)20-22-9-3-2-4-10-22/h2-13,18H,14-17,19-20H2,1H3,(H,27,30). The van der Waals surface area contributed by atoms with Crippen LogP contribution in [0.4, 0.5) is 5.69 Å². The molecule has 0 saturated carbocycles. The highest BCUT2D eigenvalue weighted by molar-refractivity contribution is 5.95. The van der Waals surface area contributed by atoms with Gasteiger partial charge >= 0.3 is 0 Å². The van der Waals surface area contributed by atoms with Gasteiger partial charge in [0.15, 0.2) is 0 Å². The Kier molecular flexibility index (Phi) is 6.45. The maximum Gasteiger partial charge on any atom is 0.251 e. The van der Waals surface area contributed by atoms with E-state index in [1.165, 1.54) is 11.3 Å². The molecule has 3 aromatic rings. The molecule has 3 aromatic carbocycles. The Balaban J connectivity index is 1.31. The van der Waals surface area contributed by atoms with Crippen molar-refractivity contribution in [3.8, 4) is 0 Å². The average molecular weight is 400 g/mol. The number of hydrogen-bond acceptors (Lipinski definition) is 3. The molecule has 4 nitrogen and oxygen atoms in total. The summed E-state index contributed by atoms with van der Waals surface area (Å²) in [4.78, 5) is 17.4. The number of rotatable bonds is 6. The third-order valence-corrected chi connectivity index (χ3v) is 5.74. The molecule has 4 heteroatoms. The fourth-order valence-electron chi connectivity index (χ4n) is 3.97. The third kappa shape index (κ3) is 5.08. The van der Waals surface area contributed by atoms with Gasteiger partial charge in [0.2, 0.25) is 0 Å². The number of piperazine rings is 1. The van der Waals surface area contributed by atoms with E-state index in [-0.39, 0.29) is 5.91 Å². The molecular weight excluding hydrogens is 370 g/mol. The van der Waals surface area contributed by atoms with Crippen LogP contribution in [-0.4, -0.2) is 37.0 Å². The second-order valence-electron chi connectivity index (χ2n) is 7.92. The van der Waals surface area contributed by atoms with E-state index >= 15 is 0 Å². The summed E-state index contributed by atoms with van der Waals surface area (Å²) in [5.74, 6) is -0.0203. The van der Waals surface area contributed by atoms with Gasteiger partial charge in [-0.05, 0) is 41.8 Å². The minimum atomic E-state index is -0.0203. The zero-order valence-corrected chi connectivity index (χ0v) is 17.6. The topological polar surface area (TPSA) is 35.6 Å². The van der Waals surface area contributed by atoms with E-state index in [2.05, 4.69) is 69.7 Å². The molecule has 154 valence electrons. The SMILES string of the molecule is Cc1ccccc1C(=O)NCc1cccc(N2CCN(Cc3ccccc3)CC2)c1. The van der Waals surface area contributed by atoms with Gasteiger partial charge in [0, 0.05) is 50.5 Å². The Labute approximate surface area is 179 Å². The van der Waals surface area contributed by atoms with Crippen LogP contribution in [0.1, 0.15) is 27.0 Å². The number of anilines is 1. The summed E-state index contributed by atoms with van der Waals surface area (Å²) in [6.45, 7) is 7.67. The van der Waals surface area contributed by atoms with Crippen LogP contribution in [0.25, 0.3) is 0 Å². The van der Waals surface area contributed by atoms with Crippen molar-refractivity contribution in [2.45, 2.75) is 20.0 Å². The fourth-order valence-corrected chi connectivity index (χ4v) is 3.97. The van der Waals surface area contributed by atoms with Crippen molar-refractivity contribution >= 4 is 11.6 Å². The second kappa shape index (κ2) is 9.59. The molecule has 1 aliphatic rings. The van der Waals surface area contributed by atoms with Gasteiger partial charge in [0.25, 0.3) is 5.91 Å². The maximum absolute atomic E-state index is 12.5. The number of benzene rings is 3. The number of carbonyl (C=O) groups is 1. The van der Waals surface area contributed by atoms with Crippen LogP contribution in [0.5, 0.6) is 0 Å². The number of nitrogens with one attached hydrogen (secondary N) is 1.